The fraction of sp³-hybridized carbons (Fsp3) is 0. The third-order valence-corrected chi connectivity index (χ3v) is 0.746. The van der Waals surface area contributed by atoms with Crippen LogP contribution in [0.3, 0.4) is 0 Å². The fourth-order valence-electron chi connectivity index (χ4n) is 0.343. The second-order valence-corrected chi connectivity index (χ2v) is 1.30. The molecule has 4 nitrogen and oxygen atoms in total. The Morgan fingerprint density at radius 3 is 2.89 bits per heavy atom. The highest BCUT2D eigenvalue weighted by Crippen LogP contribution is 1.93. The van der Waals surface area contributed by atoms with Crippen molar-refractivity contribution in [1.82, 2.24) is 15.4 Å². The van der Waals surface area contributed by atoms with E-state index in [1.165, 1.54) is 0 Å². The third kappa shape index (κ3) is 1.04. The van der Waals surface area contributed by atoms with Crippen LogP contribution < -0.4 is 0 Å². The molecule has 9 heavy (non-hydrogen) atoms. The molecule has 0 bridgehead atoms. The first-order valence-corrected chi connectivity index (χ1v) is 2.13. The molecule has 0 atom stereocenters. The topological polar surface area (TPSA) is 55.7 Å². The molecule has 0 unspecified atom stereocenters. The van der Waals surface area contributed by atoms with Crippen LogP contribution in [0.4, 0.5) is 4.39 Å². The lowest BCUT2D eigenvalue weighted by atomic mass is 10.4. The van der Waals surface area contributed by atoms with E-state index in [-0.39, 0.29) is 5.56 Å². The van der Waals surface area contributed by atoms with Gasteiger partial charge in [-0.05, 0) is 5.21 Å². The summed E-state index contributed by atoms with van der Waals surface area (Å²) in [5.41, 5.74) is -0.176. The van der Waals surface area contributed by atoms with E-state index in [4.69, 9.17) is 0 Å². The molecule has 5 heteroatoms. The third-order valence-electron chi connectivity index (χ3n) is 0.746. The average Bonchev–Trinajstić information content (AvgIpc) is 1.89. The summed E-state index contributed by atoms with van der Waals surface area (Å²) in [5, 5.41) is 9.03. The van der Waals surface area contributed by atoms with Crippen molar-refractivity contribution in [2.45, 2.75) is 0 Å². The van der Waals surface area contributed by atoms with Gasteiger partial charge in [0.25, 0.3) is 0 Å². The molecule has 0 amide bonds. The lowest BCUT2D eigenvalue weighted by molar-refractivity contribution is 0.111. The van der Waals surface area contributed by atoms with E-state index in [0.29, 0.717) is 6.29 Å². The van der Waals surface area contributed by atoms with E-state index in [9.17, 15) is 9.18 Å². The Hall–Kier alpha value is -1.39. The molecule has 0 aliphatic rings. The van der Waals surface area contributed by atoms with Gasteiger partial charge in [-0.3, -0.25) is 4.79 Å². The summed E-state index contributed by atoms with van der Waals surface area (Å²) >= 11 is 0. The number of aromatic nitrogens is 3. The lowest BCUT2D eigenvalue weighted by Crippen LogP contribution is -1.96. The minimum atomic E-state index is -0.889. The van der Waals surface area contributed by atoms with E-state index in [2.05, 4.69) is 15.4 Å². The van der Waals surface area contributed by atoms with Crippen LogP contribution >= 0.6 is 0 Å². The first-order valence-electron chi connectivity index (χ1n) is 2.13. The number of rotatable bonds is 1. The molecule has 0 aliphatic heterocycles. The number of carbonyl (C=O) groups is 1. The van der Waals surface area contributed by atoms with Crippen molar-refractivity contribution >= 4 is 6.29 Å². The average molecular weight is 127 g/mol. The summed E-state index contributed by atoms with van der Waals surface area (Å²) in [6, 6.07) is 0. The van der Waals surface area contributed by atoms with E-state index >= 15 is 0 Å². The fourth-order valence-corrected chi connectivity index (χ4v) is 0.343. The Kier molecular flexibility index (Phi) is 1.44. The standard InChI is InChI=1S/C4H2FN3O/c5-4-3(2-9)1-6-8-7-4/h1-2H. The Morgan fingerprint density at radius 1 is 1.67 bits per heavy atom. The highest BCUT2D eigenvalue weighted by atomic mass is 19.1. The number of carbonyl (C=O) groups excluding carboxylic acids is 1. The number of hydrogen-bond acceptors (Lipinski definition) is 4. The Balaban J connectivity index is 3.15. The Labute approximate surface area is 49.7 Å². The molecule has 0 saturated heterocycles. The van der Waals surface area contributed by atoms with Crippen LogP contribution in [0.25, 0.3) is 0 Å². The molecular weight excluding hydrogens is 125 g/mol. The van der Waals surface area contributed by atoms with Crippen molar-refractivity contribution in [1.29, 1.82) is 0 Å². The van der Waals surface area contributed by atoms with Crippen molar-refractivity contribution in [2.24, 2.45) is 0 Å². The summed E-state index contributed by atoms with van der Waals surface area (Å²) in [6.45, 7) is 0. The summed E-state index contributed by atoms with van der Waals surface area (Å²) in [6.07, 6.45) is 1.34. The molecule has 0 fully saturated rings. The monoisotopic (exact) mass is 127 g/mol. The molecule has 1 heterocycles. The van der Waals surface area contributed by atoms with Gasteiger partial charge in [0, 0.05) is 0 Å². The number of hydrogen-bond donors (Lipinski definition) is 0. The zero-order chi connectivity index (χ0) is 6.69. The minimum absolute atomic E-state index is 0.176. The largest absolute Gasteiger partial charge is 0.298 e. The highest BCUT2D eigenvalue weighted by Gasteiger charge is 1.99. The van der Waals surface area contributed by atoms with E-state index in [1.807, 2.05) is 0 Å². The van der Waals surface area contributed by atoms with Crippen LogP contribution in [0, 0.1) is 5.95 Å². The highest BCUT2D eigenvalue weighted by molar-refractivity contribution is 5.73. The van der Waals surface area contributed by atoms with Crippen LogP contribution in [-0.2, 0) is 0 Å². The molecule has 46 valence electrons. The molecule has 1 rings (SSSR count). The SMILES string of the molecule is O=Cc1cnnnc1F. The molecule has 0 aliphatic carbocycles. The summed E-state index contributed by atoms with van der Waals surface area (Å²) in [7, 11) is 0. The summed E-state index contributed by atoms with van der Waals surface area (Å²) in [5.74, 6) is -0.889. The van der Waals surface area contributed by atoms with Crippen molar-refractivity contribution in [3.05, 3.63) is 17.7 Å². The zero-order valence-corrected chi connectivity index (χ0v) is 4.28. The van der Waals surface area contributed by atoms with Crippen molar-refractivity contribution in [3.63, 3.8) is 0 Å². The van der Waals surface area contributed by atoms with Crippen LogP contribution in [0.1, 0.15) is 10.4 Å². The summed E-state index contributed by atoms with van der Waals surface area (Å²) < 4.78 is 12.1. The first-order chi connectivity index (χ1) is 4.34. The van der Waals surface area contributed by atoms with Crippen LogP contribution in [-0.4, -0.2) is 21.7 Å². The van der Waals surface area contributed by atoms with Gasteiger partial charge in [-0.2, -0.15) is 4.39 Å². The second kappa shape index (κ2) is 2.25. The van der Waals surface area contributed by atoms with Crippen molar-refractivity contribution in [3.8, 4) is 0 Å². The predicted octanol–water partition coefficient (Wildman–Crippen LogP) is -0.177. The van der Waals surface area contributed by atoms with Gasteiger partial charge < -0.3 is 0 Å². The van der Waals surface area contributed by atoms with Crippen molar-refractivity contribution < 1.29 is 9.18 Å². The van der Waals surface area contributed by atoms with Gasteiger partial charge in [-0.15, -0.1) is 5.10 Å². The Bertz CT molecular complexity index is 227. The van der Waals surface area contributed by atoms with Gasteiger partial charge in [-0.1, -0.05) is 5.10 Å². The maximum atomic E-state index is 12.1. The van der Waals surface area contributed by atoms with E-state index in [0.717, 1.165) is 6.20 Å². The van der Waals surface area contributed by atoms with Gasteiger partial charge in [0.1, 0.15) is 0 Å². The zero-order valence-electron chi connectivity index (χ0n) is 4.28. The molecular formula is C4H2FN3O. The van der Waals surface area contributed by atoms with Gasteiger partial charge in [0.05, 0.1) is 11.8 Å². The normalized spacial score (nSPS) is 9.00. The van der Waals surface area contributed by atoms with E-state index in [1.54, 1.807) is 0 Å². The molecule has 1 aromatic rings. The van der Waals surface area contributed by atoms with Crippen LogP contribution in [0.15, 0.2) is 6.20 Å². The van der Waals surface area contributed by atoms with Gasteiger partial charge in [0.15, 0.2) is 6.29 Å². The number of nitrogens with zero attached hydrogens (tertiary/aromatic N) is 3. The molecule has 0 saturated carbocycles. The quantitative estimate of drug-likeness (QED) is 0.491. The van der Waals surface area contributed by atoms with Gasteiger partial charge in [-0.25, -0.2) is 0 Å². The second-order valence-electron chi connectivity index (χ2n) is 1.30. The predicted molar refractivity (Wildman–Crippen MR) is 25.2 cm³/mol. The molecule has 0 aromatic carbocycles. The van der Waals surface area contributed by atoms with Gasteiger partial charge in [0.2, 0.25) is 5.95 Å². The maximum Gasteiger partial charge on any atom is 0.247 e. The van der Waals surface area contributed by atoms with Gasteiger partial charge >= 0.3 is 0 Å². The molecule has 0 N–H and O–H groups in total. The van der Waals surface area contributed by atoms with Crippen molar-refractivity contribution in [2.75, 3.05) is 0 Å². The maximum absolute atomic E-state index is 12.1. The molecule has 0 spiro atoms. The van der Waals surface area contributed by atoms with Crippen LogP contribution in [0.5, 0.6) is 0 Å². The number of halogens is 1. The minimum Gasteiger partial charge on any atom is -0.298 e. The lowest BCUT2D eigenvalue weighted by Gasteiger charge is -1.84. The Morgan fingerprint density at radius 2 is 2.44 bits per heavy atom. The van der Waals surface area contributed by atoms with E-state index < -0.39 is 5.95 Å². The molecule has 0 radical (unpaired) electrons. The van der Waals surface area contributed by atoms with Crippen LogP contribution in [0.2, 0.25) is 0 Å². The summed E-state index contributed by atoms with van der Waals surface area (Å²) in [4.78, 5) is 9.88. The first kappa shape index (κ1) is 5.74. The number of aldehydes is 1. The smallest absolute Gasteiger partial charge is 0.247 e. The molecule has 1 aromatic heterocycles.